The van der Waals surface area contributed by atoms with Crippen molar-refractivity contribution in [2.75, 3.05) is 12.4 Å². The van der Waals surface area contributed by atoms with Crippen molar-refractivity contribution in [3.63, 3.8) is 0 Å². The van der Waals surface area contributed by atoms with Crippen LogP contribution in [0.3, 0.4) is 0 Å². The molecular formula is C24H25N3O2. The third kappa shape index (κ3) is 3.56. The summed E-state index contributed by atoms with van der Waals surface area (Å²) in [6.45, 7) is 6.76. The van der Waals surface area contributed by atoms with E-state index < -0.39 is 0 Å². The van der Waals surface area contributed by atoms with Crippen molar-refractivity contribution in [1.82, 2.24) is 9.88 Å². The Hall–Kier alpha value is -3.34. The molecule has 29 heavy (non-hydrogen) atoms. The number of hydrogen-bond donors (Lipinski definition) is 1. The summed E-state index contributed by atoms with van der Waals surface area (Å²) in [7, 11) is 1.65. The molecule has 5 heteroatoms. The fourth-order valence-electron chi connectivity index (χ4n) is 4.02. The molecule has 2 aromatic carbocycles. The van der Waals surface area contributed by atoms with Gasteiger partial charge in [0.1, 0.15) is 11.9 Å². The number of amides is 1. The summed E-state index contributed by atoms with van der Waals surface area (Å²) < 4.78 is 5.24. The SMILES string of the molecule is COc1ccc(CN2C(=O)c3cccnc3C2Nc2c(C)cc(C)cc2C)cc1. The molecule has 3 aromatic rings. The number of aromatic nitrogens is 1. The Labute approximate surface area is 171 Å². The quantitative estimate of drug-likeness (QED) is 0.684. The van der Waals surface area contributed by atoms with Gasteiger partial charge in [0, 0.05) is 18.4 Å². The van der Waals surface area contributed by atoms with E-state index in [-0.39, 0.29) is 12.1 Å². The highest BCUT2D eigenvalue weighted by atomic mass is 16.5. The lowest BCUT2D eigenvalue weighted by Gasteiger charge is -2.28. The maximum atomic E-state index is 13.2. The molecule has 1 atom stereocenters. The molecule has 0 saturated heterocycles. The van der Waals surface area contributed by atoms with Crippen molar-refractivity contribution in [2.45, 2.75) is 33.5 Å². The van der Waals surface area contributed by atoms with Crippen LogP contribution in [-0.2, 0) is 6.54 Å². The van der Waals surface area contributed by atoms with Gasteiger partial charge in [0.15, 0.2) is 0 Å². The number of rotatable bonds is 5. The van der Waals surface area contributed by atoms with Crippen molar-refractivity contribution >= 4 is 11.6 Å². The Bertz CT molecular complexity index is 1040. The van der Waals surface area contributed by atoms with E-state index in [1.54, 1.807) is 13.3 Å². The van der Waals surface area contributed by atoms with Gasteiger partial charge in [0.25, 0.3) is 5.91 Å². The number of methoxy groups -OCH3 is 1. The minimum absolute atomic E-state index is 0.0103. The zero-order valence-electron chi connectivity index (χ0n) is 17.2. The lowest BCUT2D eigenvalue weighted by Crippen LogP contribution is -2.32. The number of carbonyl (C=O) groups excluding carboxylic acids is 1. The summed E-state index contributed by atoms with van der Waals surface area (Å²) >= 11 is 0. The average molecular weight is 387 g/mol. The molecule has 4 rings (SSSR count). The van der Waals surface area contributed by atoms with Crippen LogP contribution in [0.15, 0.2) is 54.7 Å². The molecule has 1 N–H and O–H groups in total. The molecule has 0 spiro atoms. The van der Waals surface area contributed by atoms with Gasteiger partial charge in [0.2, 0.25) is 0 Å². The smallest absolute Gasteiger partial charge is 0.258 e. The summed E-state index contributed by atoms with van der Waals surface area (Å²) in [5, 5.41) is 3.60. The maximum absolute atomic E-state index is 13.2. The molecule has 0 bridgehead atoms. The van der Waals surface area contributed by atoms with E-state index in [1.807, 2.05) is 41.3 Å². The monoisotopic (exact) mass is 387 g/mol. The third-order valence-corrected chi connectivity index (χ3v) is 5.37. The van der Waals surface area contributed by atoms with Crippen LogP contribution in [0, 0.1) is 20.8 Å². The normalized spacial score (nSPS) is 15.4. The number of carbonyl (C=O) groups is 1. The Morgan fingerprint density at radius 1 is 1.07 bits per heavy atom. The second-order valence-electron chi connectivity index (χ2n) is 7.54. The zero-order chi connectivity index (χ0) is 20.5. The molecule has 0 aliphatic carbocycles. The maximum Gasteiger partial charge on any atom is 0.258 e. The van der Waals surface area contributed by atoms with Crippen molar-refractivity contribution < 1.29 is 9.53 Å². The summed E-state index contributed by atoms with van der Waals surface area (Å²) in [6.07, 6.45) is 1.42. The lowest BCUT2D eigenvalue weighted by atomic mass is 10.0. The van der Waals surface area contributed by atoms with Crippen LogP contribution >= 0.6 is 0 Å². The van der Waals surface area contributed by atoms with E-state index in [9.17, 15) is 4.79 Å². The van der Waals surface area contributed by atoms with Crippen LogP contribution in [0.1, 0.15) is 44.5 Å². The molecule has 1 unspecified atom stereocenters. The fourth-order valence-corrected chi connectivity index (χ4v) is 4.02. The van der Waals surface area contributed by atoms with Crippen LogP contribution in [-0.4, -0.2) is 22.9 Å². The largest absolute Gasteiger partial charge is 0.497 e. The first-order chi connectivity index (χ1) is 14.0. The molecule has 5 nitrogen and oxygen atoms in total. The van der Waals surface area contributed by atoms with Crippen molar-refractivity contribution in [3.8, 4) is 5.75 Å². The van der Waals surface area contributed by atoms with Crippen molar-refractivity contribution in [2.24, 2.45) is 0 Å². The van der Waals surface area contributed by atoms with E-state index >= 15 is 0 Å². The molecule has 0 radical (unpaired) electrons. The summed E-state index contributed by atoms with van der Waals surface area (Å²) in [5.74, 6) is 0.788. The molecule has 1 aliphatic heterocycles. The highest BCUT2D eigenvalue weighted by molar-refractivity contribution is 5.99. The van der Waals surface area contributed by atoms with Gasteiger partial charge in [-0.3, -0.25) is 9.78 Å². The molecule has 148 valence electrons. The van der Waals surface area contributed by atoms with E-state index in [0.717, 1.165) is 33.8 Å². The van der Waals surface area contributed by atoms with Gasteiger partial charge >= 0.3 is 0 Å². The zero-order valence-corrected chi connectivity index (χ0v) is 17.2. The topological polar surface area (TPSA) is 54.5 Å². The van der Waals surface area contributed by atoms with Crippen LogP contribution in [0.25, 0.3) is 0 Å². The number of fused-ring (bicyclic) bond motifs is 1. The van der Waals surface area contributed by atoms with Gasteiger partial charge in [-0.2, -0.15) is 0 Å². The molecule has 1 aliphatic rings. The Morgan fingerprint density at radius 2 is 1.76 bits per heavy atom. The lowest BCUT2D eigenvalue weighted by molar-refractivity contribution is 0.0727. The highest BCUT2D eigenvalue weighted by Gasteiger charge is 2.38. The number of pyridine rings is 1. The van der Waals surface area contributed by atoms with Crippen molar-refractivity contribution in [3.05, 3.63) is 88.2 Å². The number of anilines is 1. The number of ether oxygens (including phenoxy) is 1. The first-order valence-corrected chi connectivity index (χ1v) is 9.71. The molecule has 1 amide bonds. The minimum atomic E-state index is -0.319. The average Bonchev–Trinajstić information content (AvgIpc) is 2.97. The number of hydrogen-bond acceptors (Lipinski definition) is 4. The Balaban J connectivity index is 1.70. The fraction of sp³-hybridized carbons (Fsp3) is 0.250. The standard InChI is InChI=1S/C24H25N3O2/c1-15-12-16(2)21(17(3)13-15)26-23-22-20(6-5-11-25-22)24(28)27(23)14-18-7-9-19(29-4)10-8-18/h5-13,23,26H,14H2,1-4H3. The number of nitrogens with one attached hydrogen (secondary N) is 1. The summed E-state index contributed by atoms with van der Waals surface area (Å²) in [4.78, 5) is 19.6. The number of nitrogens with zero attached hydrogens (tertiary/aromatic N) is 2. The van der Waals surface area contributed by atoms with Crippen LogP contribution < -0.4 is 10.1 Å². The second-order valence-corrected chi connectivity index (χ2v) is 7.54. The van der Waals surface area contributed by atoms with Crippen molar-refractivity contribution in [1.29, 1.82) is 0 Å². The first kappa shape index (κ1) is 19.0. The van der Waals surface area contributed by atoms with E-state index in [2.05, 4.69) is 43.2 Å². The first-order valence-electron chi connectivity index (χ1n) is 9.71. The predicted molar refractivity (Wildman–Crippen MR) is 114 cm³/mol. The summed E-state index contributed by atoms with van der Waals surface area (Å²) in [6, 6.07) is 15.8. The van der Waals surface area contributed by atoms with Gasteiger partial charge in [-0.25, -0.2) is 0 Å². The Morgan fingerprint density at radius 3 is 2.41 bits per heavy atom. The molecule has 0 saturated carbocycles. The van der Waals surface area contributed by atoms with E-state index in [1.165, 1.54) is 5.56 Å². The molecule has 2 heterocycles. The number of aryl methyl sites for hydroxylation is 3. The van der Waals surface area contributed by atoms with Gasteiger partial charge in [0.05, 0.1) is 18.4 Å². The van der Waals surface area contributed by atoms with Crippen LogP contribution in [0.5, 0.6) is 5.75 Å². The molecule has 0 fully saturated rings. The minimum Gasteiger partial charge on any atom is -0.497 e. The van der Waals surface area contributed by atoms with E-state index in [4.69, 9.17) is 4.74 Å². The Kier molecular flexibility index (Phi) is 4.97. The highest BCUT2D eigenvalue weighted by Crippen LogP contribution is 2.36. The van der Waals surface area contributed by atoms with Crippen LogP contribution in [0.4, 0.5) is 5.69 Å². The van der Waals surface area contributed by atoms with Gasteiger partial charge < -0.3 is 15.0 Å². The van der Waals surface area contributed by atoms with Crippen LogP contribution in [0.2, 0.25) is 0 Å². The predicted octanol–water partition coefficient (Wildman–Crippen LogP) is 4.78. The summed E-state index contributed by atoms with van der Waals surface area (Å²) in [5.41, 5.74) is 7.04. The van der Waals surface area contributed by atoms with Gasteiger partial charge in [-0.15, -0.1) is 0 Å². The third-order valence-electron chi connectivity index (χ3n) is 5.37. The van der Waals surface area contributed by atoms with Gasteiger partial charge in [-0.05, 0) is 61.7 Å². The van der Waals surface area contributed by atoms with E-state index in [0.29, 0.717) is 12.1 Å². The number of benzene rings is 2. The van der Waals surface area contributed by atoms with Gasteiger partial charge in [-0.1, -0.05) is 29.8 Å². The molecular weight excluding hydrogens is 362 g/mol. The second kappa shape index (κ2) is 7.59. The molecule has 1 aromatic heterocycles.